The van der Waals surface area contributed by atoms with Gasteiger partial charge in [0.1, 0.15) is 11.5 Å². The molecule has 0 aromatic heterocycles. The molecule has 0 spiro atoms. The van der Waals surface area contributed by atoms with Crippen LogP contribution in [0.15, 0.2) is 53.4 Å². The second-order valence-corrected chi connectivity index (χ2v) is 7.23. The van der Waals surface area contributed by atoms with E-state index in [1.165, 1.54) is 4.31 Å². The number of piperazine rings is 1. The number of benzene rings is 2. The molecule has 3 rings (SSSR count). The maximum atomic E-state index is 12.5. The van der Waals surface area contributed by atoms with E-state index in [1.807, 2.05) is 0 Å². The molecule has 0 bridgehead atoms. The van der Waals surface area contributed by atoms with E-state index < -0.39 is 10.0 Å². The molecule has 3 N–H and O–H groups in total. The van der Waals surface area contributed by atoms with Crippen molar-refractivity contribution >= 4 is 15.7 Å². The number of ether oxygens (including phenoxy) is 1. The second kappa shape index (κ2) is 6.57. The molecule has 1 fully saturated rings. The van der Waals surface area contributed by atoms with E-state index in [0.717, 1.165) is 0 Å². The van der Waals surface area contributed by atoms with Gasteiger partial charge >= 0.3 is 0 Å². The van der Waals surface area contributed by atoms with Gasteiger partial charge in [-0.25, -0.2) is 8.42 Å². The number of nitrogens with one attached hydrogen (secondary N) is 1. The van der Waals surface area contributed by atoms with Crippen molar-refractivity contribution in [2.75, 3.05) is 31.9 Å². The number of sulfonamides is 1. The molecular weight excluding hydrogens is 314 g/mol. The lowest BCUT2D eigenvalue weighted by molar-refractivity contribution is 0.360. The van der Waals surface area contributed by atoms with E-state index in [-0.39, 0.29) is 4.90 Å². The van der Waals surface area contributed by atoms with Gasteiger partial charge in [-0.05, 0) is 48.5 Å². The maximum absolute atomic E-state index is 12.5. The summed E-state index contributed by atoms with van der Waals surface area (Å²) in [5.74, 6) is 1.23. The number of nitrogens with two attached hydrogens (primary N) is 1. The van der Waals surface area contributed by atoms with Crippen LogP contribution in [0.3, 0.4) is 0 Å². The van der Waals surface area contributed by atoms with Gasteiger partial charge in [0.2, 0.25) is 10.0 Å². The van der Waals surface area contributed by atoms with Crippen molar-refractivity contribution in [1.29, 1.82) is 0 Å². The Morgan fingerprint density at radius 1 is 0.913 bits per heavy atom. The van der Waals surface area contributed by atoms with Crippen molar-refractivity contribution in [1.82, 2.24) is 9.62 Å². The SMILES string of the molecule is Nc1ccc(Oc2ccc(S(=O)(=O)N3CCNCC3)cc2)cc1. The third-order valence-corrected chi connectivity index (χ3v) is 5.57. The molecule has 0 radical (unpaired) electrons. The minimum absolute atomic E-state index is 0.282. The molecule has 23 heavy (non-hydrogen) atoms. The third-order valence-electron chi connectivity index (χ3n) is 3.65. The van der Waals surface area contributed by atoms with Crippen molar-refractivity contribution in [3.05, 3.63) is 48.5 Å². The zero-order chi connectivity index (χ0) is 16.3. The molecule has 0 saturated carbocycles. The Hall–Kier alpha value is -2.09. The summed E-state index contributed by atoms with van der Waals surface area (Å²) in [5.41, 5.74) is 6.29. The van der Waals surface area contributed by atoms with E-state index >= 15 is 0 Å². The highest BCUT2D eigenvalue weighted by Crippen LogP contribution is 2.25. The molecule has 122 valence electrons. The Morgan fingerprint density at radius 2 is 1.43 bits per heavy atom. The van der Waals surface area contributed by atoms with Gasteiger partial charge < -0.3 is 15.8 Å². The van der Waals surface area contributed by atoms with Crippen molar-refractivity contribution < 1.29 is 13.2 Å². The summed E-state index contributed by atoms with van der Waals surface area (Å²) in [7, 11) is -3.44. The zero-order valence-corrected chi connectivity index (χ0v) is 13.4. The molecule has 0 atom stereocenters. The summed E-state index contributed by atoms with van der Waals surface area (Å²) < 4.78 is 32.2. The molecule has 7 heteroatoms. The van der Waals surface area contributed by atoms with Crippen LogP contribution in [0, 0.1) is 0 Å². The molecule has 1 saturated heterocycles. The van der Waals surface area contributed by atoms with Gasteiger partial charge in [-0.2, -0.15) is 4.31 Å². The van der Waals surface area contributed by atoms with Gasteiger partial charge in [0.15, 0.2) is 0 Å². The van der Waals surface area contributed by atoms with Gasteiger partial charge in [-0.3, -0.25) is 0 Å². The van der Waals surface area contributed by atoms with Crippen LogP contribution < -0.4 is 15.8 Å². The van der Waals surface area contributed by atoms with Crippen LogP contribution in [0.5, 0.6) is 11.5 Å². The van der Waals surface area contributed by atoms with Gasteiger partial charge in [0, 0.05) is 31.9 Å². The van der Waals surface area contributed by atoms with Crippen LogP contribution in [-0.2, 0) is 10.0 Å². The number of rotatable bonds is 4. The smallest absolute Gasteiger partial charge is 0.243 e. The van der Waals surface area contributed by atoms with Crippen LogP contribution in [0.4, 0.5) is 5.69 Å². The highest BCUT2D eigenvalue weighted by Gasteiger charge is 2.25. The van der Waals surface area contributed by atoms with Crippen LogP contribution >= 0.6 is 0 Å². The number of hydrogen-bond donors (Lipinski definition) is 2. The summed E-state index contributed by atoms with van der Waals surface area (Å²) in [6.07, 6.45) is 0. The van der Waals surface area contributed by atoms with Crippen LogP contribution in [0.2, 0.25) is 0 Å². The Labute approximate surface area is 135 Å². The summed E-state index contributed by atoms with van der Waals surface area (Å²) in [4.78, 5) is 0.282. The Balaban J connectivity index is 1.74. The second-order valence-electron chi connectivity index (χ2n) is 5.30. The first-order valence-electron chi connectivity index (χ1n) is 7.40. The average Bonchev–Trinajstić information content (AvgIpc) is 2.58. The topological polar surface area (TPSA) is 84.7 Å². The van der Waals surface area contributed by atoms with E-state index in [2.05, 4.69) is 5.32 Å². The van der Waals surface area contributed by atoms with Crippen molar-refractivity contribution in [2.45, 2.75) is 4.90 Å². The zero-order valence-electron chi connectivity index (χ0n) is 12.6. The molecule has 1 aliphatic heterocycles. The molecule has 2 aromatic rings. The Bertz CT molecular complexity index is 752. The summed E-state index contributed by atoms with van der Waals surface area (Å²) in [6.45, 7) is 2.34. The van der Waals surface area contributed by atoms with Crippen LogP contribution in [0.1, 0.15) is 0 Å². The largest absolute Gasteiger partial charge is 0.457 e. The molecule has 6 nitrogen and oxygen atoms in total. The Morgan fingerprint density at radius 3 is 2.00 bits per heavy atom. The normalized spacial score (nSPS) is 16.2. The van der Waals surface area contributed by atoms with E-state index in [0.29, 0.717) is 43.4 Å². The maximum Gasteiger partial charge on any atom is 0.243 e. The van der Waals surface area contributed by atoms with Gasteiger partial charge in [0.25, 0.3) is 0 Å². The number of hydrogen-bond acceptors (Lipinski definition) is 5. The quantitative estimate of drug-likeness (QED) is 0.831. The summed E-state index contributed by atoms with van der Waals surface area (Å²) in [5, 5.41) is 3.14. The number of nitrogens with zero attached hydrogens (tertiary/aromatic N) is 1. The fourth-order valence-corrected chi connectivity index (χ4v) is 3.83. The molecule has 1 aliphatic rings. The summed E-state index contributed by atoms with van der Waals surface area (Å²) in [6, 6.07) is 13.5. The van der Waals surface area contributed by atoms with Gasteiger partial charge in [0.05, 0.1) is 4.90 Å². The predicted molar refractivity (Wildman–Crippen MR) is 89.0 cm³/mol. The first-order chi connectivity index (χ1) is 11.1. The van der Waals surface area contributed by atoms with E-state index in [4.69, 9.17) is 10.5 Å². The van der Waals surface area contributed by atoms with E-state index in [9.17, 15) is 8.42 Å². The molecule has 1 heterocycles. The predicted octanol–water partition coefficient (Wildman–Crippen LogP) is 1.65. The lowest BCUT2D eigenvalue weighted by Gasteiger charge is -2.26. The highest BCUT2D eigenvalue weighted by atomic mass is 32.2. The Kier molecular flexibility index (Phi) is 4.51. The van der Waals surface area contributed by atoms with Crippen molar-refractivity contribution in [2.24, 2.45) is 0 Å². The number of nitrogen functional groups attached to an aromatic ring is 1. The molecule has 2 aromatic carbocycles. The fourth-order valence-electron chi connectivity index (χ4n) is 2.39. The standard InChI is InChI=1S/C16H19N3O3S/c17-13-1-3-14(4-2-13)22-15-5-7-16(8-6-15)23(20,21)19-11-9-18-10-12-19/h1-8,18H,9-12,17H2. The first-order valence-corrected chi connectivity index (χ1v) is 8.84. The monoisotopic (exact) mass is 333 g/mol. The first kappa shape index (κ1) is 15.8. The summed E-state index contributed by atoms with van der Waals surface area (Å²) >= 11 is 0. The molecule has 0 aliphatic carbocycles. The molecular formula is C16H19N3O3S. The fraction of sp³-hybridized carbons (Fsp3) is 0.250. The third kappa shape index (κ3) is 3.64. The van der Waals surface area contributed by atoms with Crippen LogP contribution in [-0.4, -0.2) is 38.9 Å². The highest BCUT2D eigenvalue weighted by molar-refractivity contribution is 7.89. The lowest BCUT2D eigenvalue weighted by atomic mass is 10.3. The van der Waals surface area contributed by atoms with Gasteiger partial charge in [-0.1, -0.05) is 0 Å². The van der Waals surface area contributed by atoms with Crippen LogP contribution in [0.25, 0.3) is 0 Å². The molecule has 0 amide bonds. The minimum Gasteiger partial charge on any atom is -0.457 e. The van der Waals surface area contributed by atoms with E-state index in [1.54, 1.807) is 48.5 Å². The van der Waals surface area contributed by atoms with Crippen molar-refractivity contribution in [3.8, 4) is 11.5 Å². The van der Waals surface area contributed by atoms with Crippen molar-refractivity contribution in [3.63, 3.8) is 0 Å². The minimum atomic E-state index is -3.44. The molecule has 0 unspecified atom stereocenters. The number of anilines is 1. The van der Waals surface area contributed by atoms with Gasteiger partial charge in [-0.15, -0.1) is 0 Å². The lowest BCUT2D eigenvalue weighted by Crippen LogP contribution is -2.46. The average molecular weight is 333 g/mol.